The molecule has 4 heteroatoms. The van der Waals surface area contributed by atoms with Crippen LogP contribution in [-0.2, 0) is 0 Å². The van der Waals surface area contributed by atoms with Crippen molar-refractivity contribution in [3.8, 4) is 0 Å². The molecule has 21 heavy (non-hydrogen) atoms. The molecule has 0 unspecified atom stereocenters. The summed E-state index contributed by atoms with van der Waals surface area (Å²) in [6.07, 6.45) is 3.84. The Morgan fingerprint density at radius 3 is 2.48 bits per heavy atom. The molecule has 1 saturated carbocycles. The topological polar surface area (TPSA) is 41.0 Å². The Labute approximate surface area is 129 Å². The quantitative estimate of drug-likeness (QED) is 0.784. The van der Waals surface area contributed by atoms with E-state index in [4.69, 9.17) is 4.98 Å². The number of nitrogens with zero attached hydrogens (tertiary/aromatic N) is 3. The van der Waals surface area contributed by atoms with Crippen molar-refractivity contribution >= 4 is 11.6 Å². The molecule has 1 aromatic rings. The Bertz CT molecular complexity index is 452. The first-order valence-corrected chi connectivity index (χ1v) is 8.40. The van der Waals surface area contributed by atoms with Crippen LogP contribution in [0.15, 0.2) is 6.07 Å². The predicted octanol–water partition coefficient (Wildman–Crippen LogP) is 4.05. The van der Waals surface area contributed by atoms with E-state index in [1.807, 2.05) is 0 Å². The molecule has 0 bridgehead atoms. The van der Waals surface area contributed by atoms with Gasteiger partial charge in [0.1, 0.15) is 17.5 Å². The summed E-state index contributed by atoms with van der Waals surface area (Å²) in [7, 11) is 0. The maximum atomic E-state index is 4.82. The van der Waals surface area contributed by atoms with Gasteiger partial charge in [0.25, 0.3) is 0 Å². The molecule has 0 aliphatic heterocycles. The SMILES string of the molecule is CCCNc1cc(N(CC2CC2)C(C)C)nc(C(C)C)n1. The van der Waals surface area contributed by atoms with E-state index >= 15 is 0 Å². The molecular formula is C17H30N4. The summed E-state index contributed by atoms with van der Waals surface area (Å²) in [5, 5.41) is 3.41. The summed E-state index contributed by atoms with van der Waals surface area (Å²) in [5.74, 6) is 4.19. The Balaban J connectivity index is 2.27. The van der Waals surface area contributed by atoms with Gasteiger partial charge in [-0.15, -0.1) is 0 Å². The highest BCUT2D eigenvalue weighted by molar-refractivity contribution is 5.50. The van der Waals surface area contributed by atoms with Crippen LogP contribution >= 0.6 is 0 Å². The summed E-state index contributed by atoms with van der Waals surface area (Å²) in [5.41, 5.74) is 0. The smallest absolute Gasteiger partial charge is 0.135 e. The molecule has 0 saturated heterocycles. The Morgan fingerprint density at radius 1 is 1.24 bits per heavy atom. The molecule has 0 aromatic carbocycles. The molecule has 2 rings (SSSR count). The molecule has 1 N–H and O–H groups in total. The van der Waals surface area contributed by atoms with Gasteiger partial charge in [-0.3, -0.25) is 0 Å². The van der Waals surface area contributed by atoms with E-state index < -0.39 is 0 Å². The third-order valence-corrected chi connectivity index (χ3v) is 3.87. The van der Waals surface area contributed by atoms with Gasteiger partial charge in [-0.05, 0) is 39.0 Å². The van der Waals surface area contributed by atoms with E-state index in [0.29, 0.717) is 12.0 Å². The Kier molecular flexibility index (Phi) is 5.43. The second kappa shape index (κ2) is 7.10. The highest BCUT2D eigenvalue weighted by Gasteiger charge is 2.27. The molecular weight excluding hydrogens is 260 g/mol. The molecule has 1 heterocycles. The van der Waals surface area contributed by atoms with Crippen LogP contribution in [-0.4, -0.2) is 29.1 Å². The lowest BCUT2D eigenvalue weighted by molar-refractivity contribution is 0.630. The van der Waals surface area contributed by atoms with E-state index in [-0.39, 0.29) is 0 Å². The normalized spacial score (nSPS) is 14.8. The molecule has 4 nitrogen and oxygen atoms in total. The van der Waals surface area contributed by atoms with Gasteiger partial charge in [-0.2, -0.15) is 0 Å². The zero-order chi connectivity index (χ0) is 15.4. The van der Waals surface area contributed by atoms with E-state index in [1.165, 1.54) is 12.8 Å². The maximum Gasteiger partial charge on any atom is 0.135 e. The maximum absolute atomic E-state index is 4.82. The summed E-state index contributed by atoms with van der Waals surface area (Å²) in [4.78, 5) is 11.9. The minimum Gasteiger partial charge on any atom is -0.370 e. The van der Waals surface area contributed by atoms with Crippen molar-refractivity contribution in [2.75, 3.05) is 23.3 Å². The number of anilines is 2. The van der Waals surface area contributed by atoms with E-state index in [2.05, 4.69) is 55.9 Å². The third-order valence-electron chi connectivity index (χ3n) is 3.87. The number of hydrogen-bond donors (Lipinski definition) is 1. The molecule has 0 amide bonds. The molecule has 1 aliphatic rings. The van der Waals surface area contributed by atoms with Crippen molar-refractivity contribution in [3.05, 3.63) is 11.9 Å². The molecule has 1 aromatic heterocycles. The van der Waals surface area contributed by atoms with E-state index in [1.54, 1.807) is 0 Å². The molecule has 1 aliphatic carbocycles. The average molecular weight is 290 g/mol. The van der Waals surface area contributed by atoms with Gasteiger partial charge in [0.15, 0.2) is 0 Å². The van der Waals surface area contributed by atoms with Gasteiger partial charge in [-0.1, -0.05) is 20.8 Å². The van der Waals surface area contributed by atoms with Crippen LogP contribution in [0.2, 0.25) is 0 Å². The molecule has 0 spiro atoms. The lowest BCUT2D eigenvalue weighted by Crippen LogP contribution is -2.34. The zero-order valence-corrected chi connectivity index (χ0v) is 14.2. The van der Waals surface area contributed by atoms with E-state index in [9.17, 15) is 0 Å². The molecule has 0 atom stereocenters. The van der Waals surface area contributed by atoms with Crippen LogP contribution < -0.4 is 10.2 Å². The van der Waals surface area contributed by atoms with Gasteiger partial charge in [0.05, 0.1) is 0 Å². The van der Waals surface area contributed by atoms with E-state index in [0.717, 1.165) is 42.9 Å². The summed E-state index contributed by atoms with van der Waals surface area (Å²) >= 11 is 0. The predicted molar refractivity (Wildman–Crippen MR) is 90.1 cm³/mol. The number of rotatable bonds is 8. The fourth-order valence-electron chi connectivity index (χ4n) is 2.35. The van der Waals surface area contributed by atoms with Gasteiger partial charge >= 0.3 is 0 Å². The minimum absolute atomic E-state index is 0.349. The van der Waals surface area contributed by atoms with Crippen LogP contribution in [0.25, 0.3) is 0 Å². The summed E-state index contributed by atoms with van der Waals surface area (Å²) < 4.78 is 0. The Hall–Kier alpha value is -1.32. The highest BCUT2D eigenvalue weighted by atomic mass is 15.2. The van der Waals surface area contributed by atoms with Crippen molar-refractivity contribution in [3.63, 3.8) is 0 Å². The second-order valence-electron chi connectivity index (χ2n) is 6.74. The van der Waals surface area contributed by atoms with Gasteiger partial charge in [-0.25, -0.2) is 9.97 Å². The summed E-state index contributed by atoms with van der Waals surface area (Å²) in [6.45, 7) is 13.1. The first-order chi connectivity index (χ1) is 10.0. The first kappa shape index (κ1) is 16.1. The highest BCUT2D eigenvalue weighted by Crippen LogP contribution is 2.32. The van der Waals surface area contributed by atoms with Gasteiger partial charge in [0.2, 0.25) is 0 Å². The van der Waals surface area contributed by atoms with Gasteiger partial charge in [0, 0.05) is 31.1 Å². The van der Waals surface area contributed by atoms with Crippen molar-refractivity contribution in [1.29, 1.82) is 0 Å². The van der Waals surface area contributed by atoms with Crippen LogP contribution in [0, 0.1) is 5.92 Å². The van der Waals surface area contributed by atoms with Crippen molar-refractivity contribution in [1.82, 2.24) is 9.97 Å². The van der Waals surface area contributed by atoms with Crippen molar-refractivity contribution in [2.45, 2.75) is 65.8 Å². The minimum atomic E-state index is 0.349. The van der Waals surface area contributed by atoms with Crippen LogP contribution in [0.4, 0.5) is 11.6 Å². The number of hydrogen-bond acceptors (Lipinski definition) is 4. The Morgan fingerprint density at radius 2 is 1.95 bits per heavy atom. The fourth-order valence-corrected chi connectivity index (χ4v) is 2.35. The number of nitrogens with one attached hydrogen (secondary N) is 1. The third kappa shape index (κ3) is 4.58. The lowest BCUT2D eigenvalue weighted by Gasteiger charge is -2.29. The molecule has 1 fully saturated rings. The van der Waals surface area contributed by atoms with Crippen molar-refractivity contribution in [2.24, 2.45) is 5.92 Å². The van der Waals surface area contributed by atoms with Crippen LogP contribution in [0.5, 0.6) is 0 Å². The number of aromatic nitrogens is 2. The molecule has 118 valence electrons. The monoisotopic (exact) mass is 290 g/mol. The fraction of sp³-hybridized carbons (Fsp3) is 0.765. The van der Waals surface area contributed by atoms with Crippen molar-refractivity contribution < 1.29 is 0 Å². The molecule has 0 radical (unpaired) electrons. The first-order valence-electron chi connectivity index (χ1n) is 8.40. The van der Waals surface area contributed by atoms with Gasteiger partial charge < -0.3 is 10.2 Å². The zero-order valence-electron chi connectivity index (χ0n) is 14.2. The second-order valence-corrected chi connectivity index (χ2v) is 6.74. The average Bonchev–Trinajstić information content (AvgIpc) is 3.25. The summed E-state index contributed by atoms with van der Waals surface area (Å²) in [6, 6.07) is 2.59. The van der Waals surface area contributed by atoms with Crippen LogP contribution in [0.3, 0.4) is 0 Å². The standard InChI is InChI=1S/C17H30N4/c1-6-9-18-15-10-16(20-17(19-15)12(2)3)21(13(4)5)11-14-7-8-14/h10,12-14H,6-9,11H2,1-5H3,(H,18,19,20). The van der Waals surface area contributed by atoms with Crippen LogP contribution in [0.1, 0.15) is 65.6 Å². The lowest BCUT2D eigenvalue weighted by atomic mass is 10.2. The largest absolute Gasteiger partial charge is 0.370 e.